The van der Waals surface area contributed by atoms with Crippen LogP contribution in [0.15, 0.2) is 12.1 Å². The molecule has 0 aliphatic carbocycles. The summed E-state index contributed by atoms with van der Waals surface area (Å²) in [5, 5.41) is 9.01. The molecule has 0 aliphatic heterocycles. The third-order valence-corrected chi connectivity index (χ3v) is 2.44. The van der Waals surface area contributed by atoms with Crippen molar-refractivity contribution in [1.82, 2.24) is 0 Å². The lowest BCUT2D eigenvalue weighted by Gasteiger charge is -2.09. The summed E-state index contributed by atoms with van der Waals surface area (Å²) in [5.74, 6) is -0.347. The van der Waals surface area contributed by atoms with Gasteiger partial charge in [-0.15, -0.1) is 0 Å². The second-order valence-electron chi connectivity index (χ2n) is 3.51. The first-order valence-corrected chi connectivity index (χ1v) is 4.91. The topological polar surface area (TPSA) is 76.1 Å². The number of rotatable bonds is 3. The Labute approximate surface area is 94.6 Å². The zero-order valence-electron chi connectivity index (χ0n) is 9.41. The minimum absolute atomic E-state index is 0.121. The Morgan fingerprint density at radius 2 is 2.25 bits per heavy atom. The van der Waals surface area contributed by atoms with E-state index in [9.17, 15) is 4.79 Å². The first-order valence-electron chi connectivity index (χ1n) is 4.91. The number of nitrogens with zero attached hydrogens (tertiary/aromatic N) is 1. The van der Waals surface area contributed by atoms with Crippen molar-refractivity contribution < 1.29 is 9.53 Å². The first kappa shape index (κ1) is 12.2. The minimum atomic E-state index is -0.347. The van der Waals surface area contributed by atoms with Gasteiger partial charge in [-0.25, -0.2) is 0 Å². The van der Waals surface area contributed by atoms with E-state index in [1.807, 2.05) is 13.0 Å². The van der Waals surface area contributed by atoms with E-state index in [-0.39, 0.29) is 12.4 Å². The maximum atomic E-state index is 11.2. The van der Waals surface area contributed by atoms with E-state index in [4.69, 9.17) is 11.0 Å². The summed E-state index contributed by atoms with van der Waals surface area (Å²) in [6, 6.07) is 5.68. The van der Waals surface area contributed by atoms with Crippen molar-refractivity contribution >= 4 is 5.97 Å². The van der Waals surface area contributed by atoms with Crippen LogP contribution in [0.4, 0.5) is 0 Å². The highest BCUT2D eigenvalue weighted by atomic mass is 16.5. The van der Waals surface area contributed by atoms with E-state index in [1.165, 1.54) is 7.11 Å². The summed E-state index contributed by atoms with van der Waals surface area (Å²) in [4.78, 5) is 11.2. The van der Waals surface area contributed by atoms with Crippen molar-refractivity contribution in [2.75, 3.05) is 7.11 Å². The predicted octanol–water partition coefficient (Wildman–Crippen LogP) is 1.04. The van der Waals surface area contributed by atoms with Gasteiger partial charge in [0.15, 0.2) is 0 Å². The molecule has 4 nitrogen and oxygen atoms in total. The molecule has 1 rings (SSSR count). The molecule has 0 aromatic heterocycles. The molecule has 0 saturated carbocycles. The number of nitriles is 1. The highest BCUT2D eigenvalue weighted by molar-refractivity contribution is 5.74. The van der Waals surface area contributed by atoms with Gasteiger partial charge in [-0.3, -0.25) is 4.79 Å². The van der Waals surface area contributed by atoms with E-state index in [1.54, 1.807) is 6.07 Å². The number of nitrogens with two attached hydrogens (primary N) is 1. The van der Waals surface area contributed by atoms with Gasteiger partial charge in [0.05, 0.1) is 25.2 Å². The SMILES string of the molecule is COC(=O)Cc1c(C)cc(CN)cc1C#N. The Morgan fingerprint density at radius 3 is 2.75 bits per heavy atom. The molecular weight excluding hydrogens is 204 g/mol. The summed E-state index contributed by atoms with van der Waals surface area (Å²) in [7, 11) is 1.33. The van der Waals surface area contributed by atoms with Gasteiger partial charge in [0, 0.05) is 6.54 Å². The van der Waals surface area contributed by atoms with Gasteiger partial charge in [-0.1, -0.05) is 6.07 Å². The normalized spacial score (nSPS) is 9.62. The maximum Gasteiger partial charge on any atom is 0.310 e. The molecule has 0 heterocycles. The quantitative estimate of drug-likeness (QED) is 0.769. The molecule has 0 aliphatic rings. The average Bonchev–Trinajstić information content (AvgIpc) is 2.30. The molecule has 84 valence electrons. The van der Waals surface area contributed by atoms with Crippen LogP contribution in [0.3, 0.4) is 0 Å². The Hall–Kier alpha value is -1.86. The summed E-state index contributed by atoms with van der Waals surface area (Å²) in [6.45, 7) is 2.24. The van der Waals surface area contributed by atoms with Crippen molar-refractivity contribution in [3.63, 3.8) is 0 Å². The average molecular weight is 218 g/mol. The molecule has 0 fully saturated rings. The fourth-order valence-corrected chi connectivity index (χ4v) is 1.56. The number of carbonyl (C=O) groups excluding carboxylic acids is 1. The van der Waals surface area contributed by atoms with Gasteiger partial charge in [0.1, 0.15) is 0 Å². The fraction of sp³-hybridized carbons (Fsp3) is 0.333. The van der Waals surface area contributed by atoms with Crippen LogP contribution in [0.2, 0.25) is 0 Å². The van der Waals surface area contributed by atoms with Crippen molar-refractivity contribution in [3.8, 4) is 6.07 Å². The van der Waals surface area contributed by atoms with Crippen LogP contribution in [0, 0.1) is 18.3 Å². The number of methoxy groups -OCH3 is 1. The Balaban J connectivity index is 3.18. The summed E-state index contributed by atoms with van der Waals surface area (Å²) >= 11 is 0. The van der Waals surface area contributed by atoms with Crippen LogP contribution in [-0.2, 0) is 22.5 Å². The number of hydrogen-bond acceptors (Lipinski definition) is 4. The van der Waals surface area contributed by atoms with Crippen molar-refractivity contribution in [1.29, 1.82) is 5.26 Å². The van der Waals surface area contributed by atoms with Crippen LogP contribution >= 0.6 is 0 Å². The van der Waals surface area contributed by atoms with Gasteiger partial charge in [-0.2, -0.15) is 5.26 Å². The number of carbonyl (C=O) groups is 1. The third-order valence-electron chi connectivity index (χ3n) is 2.44. The lowest BCUT2D eigenvalue weighted by Crippen LogP contribution is -2.09. The van der Waals surface area contributed by atoms with Crippen LogP contribution in [-0.4, -0.2) is 13.1 Å². The van der Waals surface area contributed by atoms with Gasteiger partial charge in [0.2, 0.25) is 0 Å². The van der Waals surface area contributed by atoms with E-state index < -0.39 is 0 Å². The van der Waals surface area contributed by atoms with Crippen LogP contribution in [0.1, 0.15) is 22.3 Å². The molecule has 0 radical (unpaired) electrons. The summed E-state index contributed by atoms with van der Waals surface area (Å²) in [6.07, 6.45) is 0.121. The molecule has 0 amide bonds. The van der Waals surface area contributed by atoms with Gasteiger partial charge in [-0.05, 0) is 29.7 Å². The molecule has 0 bridgehead atoms. The molecule has 2 N–H and O–H groups in total. The highest BCUT2D eigenvalue weighted by Crippen LogP contribution is 2.17. The van der Waals surface area contributed by atoms with E-state index in [0.717, 1.165) is 11.1 Å². The lowest BCUT2D eigenvalue weighted by atomic mass is 9.97. The van der Waals surface area contributed by atoms with Crippen molar-refractivity contribution in [3.05, 3.63) is 34.4 Å². The largest absolute Gasteiger partial charge is 0.469 e. The molecule has 1 aromatic carbocycles. The number of aryl methyl sites for hydroxylation is 1. The van der Waals surface area contributed by atoms with Crippen molar-refractivity contribution in [2.24, 2.45) is 5.73 Å². The lowest BCUT2D eigenvalue weighted by molar-refractivity contribution is -0.139. The zero-order valence-corrected chi connectivity index (χ0v) is 9.41. The van der Waals surface area contributed by atoms with Crippen molar-refractivity contribution in [2.45, 2.75) is 19.9 Å². The maximum absolute atomic E-state index is 11.2. The van der Waals surface area contributed by atoms with Crippen LogP contribution in [0.25, 0.3) is 0 Å². The smallest absolute Gasteiger partial charge is 0.310 e. The van der Waals surface area contributed by atoms with E-state index >= 15 is 0 Å². The van der Waals surface area contributed by atoms with Gasteiger partial charge >= 0.3 is 5.97 Å². The molecule has 0 atom stereocenters. The van der Waals surface area contributed by atoms with Crippen LogP contribution < -0.4 is 5.73 Å². The molecule has 1 aromatic rings. The predicted molar refractivity (Wildman–Crippen MR) is 59.5 cm³/mol. The molecule has 0 spiro atoms. The van der Waals surface area contributed by atoms with E-state index in [2.05, 4.69) is 10.8 Å². The second-order valence-corrected chi connectivity index (χ2v) is 3.51. The second kappa shape index (κ2) is 5.29. The van der Waals surface area contributed by atoms with Crippen LogP contribution in [0.5, 0.6) is 0 Å². The minimum Gasteiger partial charge on any atom is -0.469 e. The number of hydrogen-bond donors (Lipinski definition) is 1. The summed E-state index contributed by atoms with van der Waals surface area (Å²) < 4.78 is 4.59. The van der Waals surface area contributed by atoms with E-state index in [0.29, 0.717) is 17.7 Å². The molecule has 4 heteroatoms. The fourth-order valence-electron chi connectivity index (χ4n) is 1.56. The highest BCUT2D eigenvalue weighted by Gasteiger charge is 2.12. The Morgan fingerprint density at radius 1 is 1.56 bits per heavy atom. The number of ether oxygens (including phenoxy) is 1. The summed E-state index contributed by atoms with van der Waals surface area (Å²) in [5.41, 5.74) is 8.51. The van der Waals surface area contributed by atoms with Gasteiger partial charge in [0.25, 0.3) is 0 Å². The van der Waals surface area contributed by atoms with Gasteiger partial charge < -0.3 is 10.5 Å². The molecule has 0 unspecified atom stereocenters. The number of benzene rings is 1. The monoisotopic (exact) mass is 218 g/mol. The third kappa shape index (κ3) is 2.59. The first-order chi connectivity index (χ1) is 7.62. The number of esters is 1. The molecular formula is C12H14N2O2. The standard InChI is InChI=1S/C12H14N2O2/c1-8-3-9(6-13)4-10(7-14)11(8)5-12(15)16-2/h3-4H,5-6,13H2,1-2H3. The Bertz CT molecular complexity index is 447. The molecule has 0 saturated heterocycles. The Kier molecular flexibility index (Phi) is 4.03. The molecule has 16 heavy (non-hydrogen) atoms. The zero-order chi connectivity index (χ0) is 12.1.